The average Bonchev–Trinajstić information content (AvgIpc) is 2.70. The van der Waals surface area contributed by atoms with Gasteiger partial charge < -0.3 is 15.1 Å². The average molecular weight is 412 g/mol. The molecule has 8 nitrogen and oxygen atoms in total. The van der Waals surface area contributed by atoms with Gasteiger partial charge in [0.2, 0.25) is 0 Å². The van der Waals surface area contributed by atoms with Crippen LogP contribution in [0.25, 0.3) is 0 Å². The predicted molar refractivity (Wildman–Crippen MR) is 106 cm³/mol. The van der Waals surface area contributed by atoms with E-state index in [-0.39, 0.29) is 27.6 Å². The largest absolute Gasteiger partial charge is 0.508 e. The van der Waals surface area contributed by atoms with Crippen LogP contribution in [0, 0.1) is 0 Å². The lowest BCUT2D eigenvalue weighted by Crippen LogP contribution is -2.11. The van der Waals surface area contributed by atoms with Crippen molar-refractivity contribution in [2.24, 2.45) is 10.2 Å². The van der Waals surface area contributed by atoms with E-state index in [1.807, 2.05) is 0 Å². The van der Waals surface area contributed by atoms with Gasteiger partial charge in [0, 0.05) is 6.07 Å². The molecule has 0 atom stereocenters. The summed E-state index contributed by atoms with van der Waals surface area (Å²) in [5.41, 5.74) is 3.55. The predicted octanol–water partition coefficient (Wildman–Crippen LogP) is 4.86. The molecule has 3 N–H and O–H groups in total. The molecule has 0 radical (unpaired) electrons. The van der Waals surface area contributed by atoms with E-state index in [9.17, 15) is 19.8 Å². The summed E-state index contributed by atoms with van der Waals surface area (Å²) in [4.78, 5) is 28.9. The number of hydrogen-bond acceptors (Lipinski definition) is 7. The Kier molecular flexibility index (Phi) is 6.06. The summed E-state index contributed by atoms with van der Waals surface area (Å²) in [6.45, 7) is 0. The lowest BCUT2D eigenvalue weighted by molar-refractivity contribution is 0.0596. The normalized spacial score (nSPS) is 10.7. The fourth-order valence-electron chi connectivity index (χ4n) is 2.26. The van der Waals surface area contributed by atoms with Crippen LogP contribution >= 0.6 is 11.6 Å². The zero-order chi connectivity index (χ0) is 20.8. The number of carbonyl (C=O) groups excluding carboxylic acids is 2. The molecule has 3 aromatic rings. The number of azo groups is 1. The van der Waals surface area contributed by atoms with Crippen molar-refractivity contribution in [3.05, 3.63) is 82.9 Å². The quantitative estimate of drug-likeness (QED) is 0.407. The van der Waals surface area contributed by atoms with Gasteiger partial charge in [-0.05, 0) is 48.5 Å². The van der Waals surface area contributed by atoms with Crippen molar-refractivity contribution >= 4 is 34.9 Å². The summed E-state index contributed by atoms with van der Waals surface area (Å²) in [5.74, 6) is -1.89. The van der Waals surface area contributed by atoms with Crippen LogP contribution in [0.4, 0.5) is 11.4 Å². The van der Waals surface area contributed by atoms with E-state index in [0.29, 0.717) is 11.4 Å². The molecule has 9 heteroatoms. The monoisotopic (exact) mass is 411 g/mol. The minimum atomic E-state index is -0.730. The molecule has 0 aliphatic heterocycles. The Hall–Kier alpha value is -3.91. The highest BCUT2D eigenvalue weighted by Gasteiger charge is 2.11. The molecule has 0 aliphatic rings. The maximum absolute atomic E-state index is 12.0. The van der Waals surface area contributed by atoms with Gasteiger partial charge >= 0.3 is 5.97 Å². The van der Waals surface area contributed by atoms with Gasteiger partial charge in [-0.25, -0.2) is 10.3 Å². The number of phenols is 2. The van der Waals surface area contributed by atoms with Crippen LogP contribution in [0.3, 0.4) is 0 Å². The van der Waals surface area contributed by atoms with Crippen molar-refractivity contribution in [1.82, 2.24) is 0 Å². The van der Waals surface area contributed by atoms with E-state index in [1.165, 1.54) is 12.1 Å². The molecular weight excluding hydrogens is 398 g/mol. The Morgan fingerprint density at radius 3 is 2.24 bits per heavy atom. The first kappa shape index (κ1) is 19.8. The van der Waals surface area contributed by atoms with Crippen molar-refractivity contribution in [2.45, 2.75) is 0 Å². The molecule has 29 heavy (non-hydrogen) atoms. The second-order valence-corrected chi connectivity index (χ2v) is 6.17. The number of nitrogens with one attached hydrogen (secondary N) is 1. The van der Waals surface area contributed by atoms with Crippen LogP contribution in [0.5, 0.6) is 11.5 Å². The van der Waals surface area contributed by atoms with Crippen molar-refractivity contribution < 1.29 is 24.6 Å². The van der Waals surface area contributed by atoms with Gasteiger partial charge in [-0.1, -0.05) is 23.7 Å². The highest BCUT2D eigenvalue weighted by Crippen LogP contribution is 2.22. The number of nitrogens with zero attached hydrogens (tertiary/aromatic N) is 2. The molecule has 0 aromatic heterocycles. The SMILES string of the molecule is O=C(N=Nc1ccc(NOC(=O)c2ccccc2Cl)cc1)c1cc(O)cc(O)c1. The summed E-state index contributed by atoms with van der Waals surface area (Å²) in [6.07, 6.45) is 0. The van der Waals surface area contributed by atoms with Gasteiger partial charge in [0.25, 0.3) is 5.91 Å². The first-order valence-electron chi connectivity index (χ1n) is 8.23. The number of phenolic OH excluding ortho intramolecular Hbond substituents is 2. The van der Waals surface area contributed by atoms with E-state index in [0.717, 1.165) is 6.07 Å². The smallest absolute Gasteiger partial charge is 0.364 e. The number of anilines is 1. The van der Waals surface area contributed by atoms with Crippen LogP contribution < -0.4 is 5.48 Å². The third kappa shape index (κ3) is 5.30. The number of rotatable bonds is 5. The molecule has 0 fully saturated rings. The minimum Gasteiger partial charge on any atom is -0.508 e. The summed E-state index contributed by atoms with van der Waals surface area (Å²) < 4.78 is 0. The Bertz CT molecular complexity index is 1060. The van der Waals surface area contributed by atoms with Gasteiger partial charge in [0.15, 0.2) is 0 Å². The van der Waals surface area contributed by atoms with Crippen LogP contribution in [-0.4, -0.2) is 22.1 Å². The lowest BCUT2D eigenvalue weighted by Gasteiger charge is -2.07. The van der Waals surface area contributed by atoms with E-state index in [4.69, 9.17) is 16.4 Å². The number of amides is 1. The molecule has 3 aromatic carbocycles. The molecular formula is C20H14ClN3O5. The Labute approximate surface area is 170 Å². The maximum Gasteiger partial charge on any atom is 0.364 e. The first-order chi connectivity index (χ1) is 13.9. The van der Waals surface area contributed by atoms with E-state index < -0.39 is 11.9 Å². The highest BCUT2D eigenvalue weighted by molar-refractivity contribution is 6.33. The van der Waals surface area contributed by atoms with Gasteiger partial charge in [0.1, 0.15) is 11.5 Å². The molecule has 3 rings (SSSR count). The van der Waals surface area contributed by atoms with Crippen molar-refractivity contribution in [3.63, 3.8) is 0 Å². The molecule has 0 heterocycles. The molecule has 0 bridgehead atoms. The summed E-state index contributed by atoms with van der Waals surface area (Å²) in [6, 6.07) is 16.1. The maximum atomic E-state index is 12.0. The third-order valence-electron chi connectivity index (χ3n) is 3.63. The Balaban J connectivity index is 1.60. The number of aromatic hydroxyl groups is 2. The van der Waals surface area contributed by atoms with Crippen LogP contribution in [0.15, 0.2) is 77.0 Å². The molecule has 0 aliphatic carbocycles. The minimum absolute atomic E-state index is 0.00368. The molecule has 1 amide bonds. The van der Waals surface area contributed by atoms with E-state index in [2.05, 4.69) is 15.7 Å². The number of carbonyl (C=O) groups is 2. The number of benzene rings is 3. The van der Waals surface area contributed by atoms with Crippen LogP contribution in [0.2, 0.25) is 5.02 Å². The van der Waals surface area contributed by atoms with Crippen LogP contribution in [-0.2, 0) is 4.84 Å². The van der Waals surface area contributed by atoms with Gasteiger partial charge in [-0.15, -0.1) is 10.2 Å². The second-order valence-electron chi connectivity index (χ2n) is 5.76. The van der Waals surface area contributed by atoms with Crippen molar-refractivity contribution in [1.29, 1.82) is 0 Å². The zero-order valence-corrected chi connectivity index (χ0v) is 15.5. The summed E-state index contributed by atoms with van der Waals surface area (Å²) in [5, 5.41) is 26.4. The molecule has 0 spiro atoms. The highest BCUT2D eigenvalue weighted by atomic mass is 35.5. The first-order valence-corrected chi connectivity index (χ1v) is 8.61. The van der Waals surface area contributed by atoms with E-state index >= 15 is 0 Å². The molecule has 146 valence electrons. The van der Waals surface area contributed by atoms with Crippen molar-refractivity contribution in [2.75, 3.05) is 5.48 Å². The van der Waals surface area contributed by atoms with Gasteiger partial charge in [0.05, 0.1) is 27.5 Å². The summed E-state index contributed by atoms with van der Waals surface area (Å²) >= 11 is 5.94. The standard InChI is InChI=1S/C20H14ClN3O5/c21-18-4-2-1-3-17(18)20(28)29-24-14-7-5-13(6-8-14)22-23-19(27)12-9-15(25)11-16(26)10-12/h1-11,24-26H. The Morgan fingerprint density at radius 2 is 1.59 bits per heavy atom. The fourth-order valence-corrected chi connectivity index (χ4v) is 2.48. The fraction of sp³-hybridized carbons (Fsp3) is 0. The molecule has 0 saturated carbocycles. The zero-order valence-electron chi connectivity index (χ0n) is 14.7. The van der Waals surface area contributed by atoms with Crippen LogP contribution in [0.1, 0.15) is 20.7 Å². The summed E-state index contributed by atoms with van der Waals surface area (Å²) in [7, 11) is 0. The van der Waals surface area contributed by atoms with Gasteiger partial charge in [-0.3, -0.25) is 4.79 Å². The number of hydrogen-bond donors (Lipinski definition) is 3. The van der Waals surface area contributed by atoms with E-state index in [1.54, 1.807) is 48.5 Å². The van der Waals surface area contributed by atoms with Crippen molar-refractivity contribution in [3.8, 4) is 11.5 Å². The third-order valence-corrected chi connectivity index (χ3v) is 3.96. The number of halogens is 1. The second kappa shape index (κ2) is 8.85. The van der Waals surface area contributed by atoms with Gasteiger partial charge in [-0.2, -0.15) is 0 Å². The molecule has 0 saturated heterocycles. The lowest BCUT2D eigenvalue weighted by atomic mass is 10.2. The Morgan fingerprint density at radius 1 is 0.931 bits per heavy atom. The molecule has 0 unspecified atom stereocenters. The topological polar surface area (TPSA) is 121 Å².